The Morgan fingerprint density at radius 1 is 1.38 bits per heavy atom. The summed E-state index contributed by atoms with van der Waals surface area (Å²) in [6, 6.07) is 0. The molecule has 0 spiro atoms. The zero-order valence-corrected chi connectivity index (χ0v) is 7.27. The van der Waals surface area contributed by atoms with Gasteiger partial charge in [0.15, 0.2) is 6.10 Å². The number of rotatable bonds is 5. The zero-order valence-electron chi connectivity index (χ0n) is 7.27. The molecule has 1 unspecified atom stereocenters. The first-order chi connectivity index (χ1) is 6.00. The largest absolute Gasteiger partial charge is 0.415 e. The summed E-state index contributed by atoms with van der Waals surface area (Å²) >= 11 is 0. The van der Waals surface area contributed by atoms with Crippen LogP contribution in [0.15, 0.2) is 0 Å². The van der Waals surface area contributed by atoms with Crippen molar-refractivity contribution in [1.29, 1.82) is 0 Å². The van der Waals surface area contributed by atoms with Crippen LogP contribution < -0.4 is 5.32 Å². The Morgan fingerprint density at radius 2 is 2.00 bits per heavy atom. The van der Waals surface area contributed by atoms with Crippen molar-refractivity contribution < 1.29 is 18.3 Å². The first-order valence-electron chi connectivity index (χ1n) is 4.45. The molecule has 1 aliphatic rings. The fraction of sp³-hybridized carbons (Fsp3) is 1.00. The van der Waals surface area contributed by atoms with E-state index in [4.69, 9.17) is 5.11 Å². The standard InChI is InChI=1S/C8H14F3NO/c9-8(10,11)7(13)5-12-4-3-6-1-2-6/h6-7,12-13H,1-5H2. The number of hydrogen-bond donors (Lipinski definition) is 2. The summed E-state index contributed by atoms with van der Waals surface area (Å²) in [5.41, 5.74) is 0. The van der Waals surface area contributed by atoms with Crippen molar-refractivity contribution in [3.63, 3.8) is 0 Å². The van der Waals surface area contributed by atoms with E-state index in [0.717, 1.165) is 6.42 Å². The van der Waals surface area contributed by atoms with Gasteiger partial charge in [-0.1, -0.05) is 12.8 Å². The monoisotopic (exact) mass is 197 g/mol. The summed E-state index contributed by atoms with van der Waals surface area (Å²) in [6.07, 6.45) is -3.41. The van der Waals surface area contributed by atoms with Gasteiger partial charge in [-0.25, -0.2) is 0 Å². The normalized spacial score (nSPS) is 20.3. The molecule has 5 heteroatoms. The third kappa shape index (κ3) is 4.47. The SMILES string of the molecule is OC(CNCCC1CC1)C(F)(F)F. The highest BCUT2D eigenvalue weighted by atomic mass is 19.4. The van der Waals surface area contributed by atoms with Crippen molar-refractivity contribution in [2.45, 2.75) is 31.5 Å². The summed E-state index contributed by atoms with van der Waals surface area (Å²) in [4.78, 5) is 0. The van der Waals surface area contributed by atoms with Crippen LogP contribution in [0.5, 0.6) is 0 Å². The van der Waals surface area contributed by atoms with E-state index in [2.05, 4.69) is 5.32 Å². The molecule has 1 fully saturated rings. The molecular weight excluding hydrogens is 183 g/mol. The van der Waals surface area contributed by atoms with Gasteiger partial charge in [-0.2, -0.15) is 13.2 Å². The Bertz CT molecular complexity index is 156. The molecule has 0 aromatic carbocycles. The van der Waals surface area contributed by atoms with Gasteiger partial charge in [0.05, 0.1) is 0 Å². The summed E-state index contributed by atoms with van der Waals surface area (Å²) in [7, 11) is 0. The van der Waals surface area contributed by atoms with Gasteiger partial charge in [0.1, 0.15) is 0 Å². The number of aliphatic hydroxyl groups is 1. The Balaban J connectivity index is 1.97. The molecule has 0 radical (unpaired) electrons. The van der Waals surface area contributed by atoms with Crippen molar-refractivity contribution >= 4 is 0 Å². The van der Waals surface area contributed by atoms with Crippen LogP contribution in [0.1, 0.15) is 19.3 Å². The van der Waals surface area contributed by atoms with E-state index in [0.29, 0.717) is 12.5 Å². The molecule has 2 nitrogen and oxygen atoms in total. The smallest absolute Gasteiger partial charge is 0.382 e. The highest BCUT2D eigenvalue weighted by molar-refractivity contribution is 4.74. The topological polar surface area (TPSA) is 32.3 Å². The molecule has 0 bridgehead atoms. The number of aliphatic hydroxyl groups excluding tert-OH is 1. The maximum Gasteiger partial charge on any atom is 0.415 e. The Kier molecular flexibility index (Phi) is 3.55. The van der Waals surface area contributed by atoms with Crippen LogP contribution in [-0.4, -0.2) is 30.5 Å². The second kappa shape index (κ2) is 4.28. The average Bonchev–Trinajstić information content (AvgIpc) is 2.79. The van der Waals surface area contributed by atoms with E-state index in [9.17, 15) is 13.2 Å². The van der Waals surface area contributed by atoms with Gasteiger partial charge in [0, 0.05) is 6.54 Å². The molecule has 1 saturated carbocycles. The van der Waals surface area contributed by atoms with Crippen molar-refractivity contribution in [2.75, 3.05) is 13.1 Å². The predicted molar refractivity (Wildman–Crippen MR) is 42.3 cm³/mol. The molecule has 0 aromatic heterocycles. The average molecular weight is 197 g/mol. The number of alkyl halides is 3. The fourth-order valence-electron chi connectivity index (χ4n) is 1.07. The van der Waals surface area contributed by atoms with Crippen molar-refractivity contribution in [2.24, 2.45) is 5.92 Å². The van der Waals surface area contributed by atoms with E-state index in [1.807, 2.05) is 0 Å². The first-order valence-corrected chi connectivity index (χ1v) is 4.45. The van der Waals surface area contributed by atoms with Crippen LogP contribution in [0, 0.1) is 5.92 Å². The molecule has 2 N–H and O–H groups in total. The quantitative estimate of drug-likeness (QED) is 0.651. The molecule has 78 valence electrons. The molecule has 0 saturated heterocycles. The van der Waals surface area contributed by atoms with Crippen LogP contribution in [-0.2, 0) is 0 Å². The second-order valence-electron chi connectivity index (χ2n) is 3.49. The van der Waals surface area contributed by atoms with Gasteiger partial charge >= 0.3 is 6.18 Å². The van der Waals surface area contributed by atoms with Gasteiger partial charge in [-0.05, 0) is 18.9 Å². The summed E-state index contributed by atoms with van der Waals surface area (Å²) in [5, 5.41) is 11.2. The molecule has 0 aromatic rings. The zero-order chi connectivity index (χ0) is 9.90. The number of halogens is 3. The fourth-order valence-corrected chi connectivity index (χ4v) is 1.07. The minimum atomic E-state index is -4.49. The highest BCUT2D eigenvalue weighted by Crippen LogP contribution is 2.31. The molecule has 0 heterocycles. The van der Waals surface area contributed by atoms with E-state index in [-0.39, 0.29) is 0 Å². The van der Waals surface area contributed by atoms with Gasteiger partial charge < -0.3 is 10.4 Å². The summed E-state index contributed by atoms with van der Waals surface area (Å²) in [6.45, 7) is 0.175. The summed E-state index contributed by atoms with van der Waals surface area (Å²) in [5.74, 6) is 0.704. The molecule has 1 aliphatic carbocycles. The van der Waals surface area contributed by atoms with E-state index in [1.165, 1.54) is 12.8 Å². The van der Waals surface area contributed by atoms with Crippen LogP contribution in [0.25, 0.3) is 0 Å². The van der Waals surface area contributed by atoms with E-state index < -0.39 is 18.8 Å². The first kappa shape index (κ1) is 10.8. The third-order valence-electron chi connectivity index (χ3n) is 2.14. The third-order valence-corrected chi connectivity index (χ3v) is 2.14. The van der Waals surface area contributed by atoms with Gasteiger partial charge in [-0.15, -0.1) is 0 Å². The van der Waals surface area contributed by atoms with Crippen molar-refractivity contribution in [3.8, 4) is 0 Å². The molecule has 0 amide bonds. The van der Waals surface area contributed by atoms with Crippen LogP contribution >= 0.6 is 0 Å². The Hall–Kier alpha value is -0.290. The number of hydrogen-bond acceptors (Lipinski definition) is 2. The van der Waals surface area contributed by atoms with Crippen molar-refractivity contribution in [1.82, 2.24) is 5.32 Å². The number of nitrogens with one attached hydrogen (secondary N) is 1. The van der Waals surface area contributed by atoms with Gasteiger partial charge in [0.25, 0.3) is 0 Å². The molecule has 0 aliphatic heterocycles. The lowest BCUT2D eigenvalue weighted by Crippen LogP contribution is -2.38. The minimum absolute atomic E-state index is 0.393. The second-order valence-corrected chi connectivity index (χ2v) is 3.49. The molecule has 13 heavy (non-hydrogen) atoms. The van der Waals surface area contributed by atoms with Crippen molar-refractivity contribution in [3.05, 3.63) is 0 Å². The lowest BCUT2D eigenvalue weighted by molar-refractivity contribution is -0.201. The van der Waals surface area contributed by atoms with Gasteiger partial charge in [0.2, 0.25) is 0 Å². The maximum atomic E-state index is 11.8. The minimum Gasteiger partial charge on any atom is -0.382 e. The van der Waals surface area contributed by atoms with E-state index >= 15 is 0 Å². The lowest BCUT2D eigenvalue weighted by atomic mass is 10.3. The predicted octanol–water partition coefficient (Wildman–Crippen LogP) is 1.30. The van der Waals surface area contributed by atoms with Crippen LogP contribution in [0.2, 0.25) is 0 Å². The van der Waals surface area contributed by atoms with E-state index in [1.54, 1.807) is 0 Å². The maximum absolute atomic E-state index is 11.8. The molecule has 1 rings (SSSR count). The van der Waals surface area contributed by atoms with Gasteiger partial charge in [-0.3, -0.25) is 0 Å². The highest BCUT2D eigenvalue weighted by Gasteiger charge is 2.37. The Labute approximate surface area is 75.1 Å². The summed E-state index contributed by atoms with van der Waals surface area (Å²) < 4.78 is 35.3. The Morgan fingerprint density at radius 3 is 2.46 bits per heavy atom. The molecular formula is C8H14F3NO. The molecule has 1 atom stereocenters. The lowest BCUT2D eigenvalue weighted by Gasteiger charge is -2.14. The van der Waals surface area contributed by atoms with Crippen LogP contribution in [0.3, 0.4) is 0 Å². The van der Waals surface area contributed by atoms with Crippen LogP contribution in [0.4, 0.5) is 13.2 Å².